The number of amides is 3. The van der Waals surface area contributed by atoms with Crippen LogP contribution in [0.4, 0.5) is 0 Å². The van der Waals surface area contributed by atoms with Gasteiger partial charge in [0.15, 0.2) is 6.10 Å². The quantitative estimate of drug-likeness (QED) is 0.369. The fraction of sp³-hybridized carbons (Fsp3) is 0.531. The predicted molar refractivity (Wildman–Crippen MR) is 162 cm³/mol. The van der Waals surface area contributed by atoms with E-state index in [-0.39, 0.29) is 30.7 Å². The number of ether oxygens (including phenoxy) is 1. The number of hydrogen-bond donors (Lipinski definition) is 4. The lowest BCUT2D eigenvalue weighted by atomic mass is 10.1. The molecular formula is C32H43N5O6. The summed E-state index contributed by atoms with van der Waals surface area (Å²) >= 11 is 0. The van der Waals surface area contributed by atoms with Crippen molar-refractivity contribution in [1.82, 2.24) is 26.1 Å². The Bertz CT molecular complexity index is 1360. The fourth-order valence-corrected chi connectivity index (χ4v) is 5.24. The Hall–Kier alpha value is -3.83. The lowest BCUT2D eigenvalue weighted by molar-refractivity contribution is -0.160. The van der Waals surface area contributed by atoms with Gasteiger partial charge in [-0.2, -0.15) is 0 Å². The van der Waals surface area contributed by atoms with Crippen molar-refractivity contribution in [2.24, 2.45) is 5.92 Å². The average Bonchev–Trinajstić information content (AvgIpc) is 2.99. The van der Waals surface area contributed by atoms with Gasteiger partial charge in [-0.25, -0.2) is 5.43 Å². The van der Waals surface area contributed by atoms with Crippen LogP contribution in [0.25, 0.3) is 17.0 Å². The highest BCUT2D eigenvalue weighted by atomic mass is 16.5. The topological polar surface area (TPSA) is 150 Å². The molecule has 2 aromatic rings. The summed E-state index contributed by atoms with van der Waals surface area (Å²) < 4.78 is 5.47. The van der Waals surface area contributed by atoms with Crippen molar-refractivity contribution >= 4 is 40.7 Å². The van der Waals surface area contributed by atoms with Gasteiger partial charge in [-0.05, 0) is 69.6 Å². The van der Waals surface area contributed by atoms with Gasteiger partial charge in [0.1, 0.15) is 12.1 Å². The van der Waals surface area contributed by atoms with E-state index >= 15 is 0 Å². The molecule has 4 rings (SSSR count). The number of nitrogens with one attached hydrogen (secondary N) is 3. The minimum atomic E-state index is -1.09. The molecule has 1 saturated heterocycles. The van der Waals surface area contributed by atoms with Crippen molar-refractivity contribution in [2.75, 3.05) is 6.54 Å². The van der Waals surface area contributed by atoms with E-state index in [1.54, 1.807) is 20.8 Å². The first kappa shape index (κ1) is 32.1. The van der Waals surface area contributed by atoms with E-state index in [0.717, 1.165) is 16.5 Å². The number of hydrazine groups is 1. The number of cyclic esters (lactones) is 1. The van der Waals surface area contributed by atoms with Gasteiger partial charge in [-0.3, -0.25) is 29.2 Å². The third-order valence-electron chi connectivity index (χ3n) is 7.82. The zero-order valence-electron chi connectivity index (χ0n) is 25.3. The third-order valence-corrected chi connectivity index (χ3v) is 7.82. The summed E-state index contributed by atoms with van der Waals surface area (Å²) in [7, 11) is 0. The molecule has 43 heavy (non-hydrogen) atoms. The van der Waals surface area contributed by atoms with Crippen LogP contribution in [0.5, 0.6) is 0 Å². The predicted octanol–water partition coefficient (Wildman–Crippen LogP) is 2.93. The first-order valence-electron chi connectivity index (χ1n) is 15.1. The van der Waals surface area contributed by atoms with Crippen LogP contribution in [0.2, 0.25) is 0 Å². The molecule has 5 bridgehead atoms. The molecule has 2 aliphatic rings. The average molecular weight is 594 g/mol. The maximum Gasteiger partial charge on any atom is 0.306 e. The number of nitrogens with zero attached hydrogens (tertiary/aromatic N) is 2. The molecule has 3 amide bonds. The summed E-state index contributed by atoms with van der Waals surface area (Å²) in [5.41, 5.74) is 5.49. The highest BCUT2D eigenvalue weighted by Crippen LogP contribution is 2.20. The standard InChI is InChI=1S/C32H43N5O6/c1-19(2)29-31(41)34-21(4)32(42)37-17-7-10-26(36-37)30(40)33-20(3)25-15-13-23-12-11-22(18-27(23)35-25)8-5-6-9-24(38)14-16-28(39)43-29/h5,8,11-13,15,18-21,24,26,29,36,38H,6-7,9-10,14,16-17H2,1-4H3,(H,33,40)(H,34,41)/b8-5+/t20-,21+,24-,26?,29+/m1/s1. The number of aromatic nitrogens is 1. The second kappa shape index (κ2) is 14.6. The lowest BCUT2D eigenvalue weighted by Crippen LogP contribution is -2.61. The molecule has 3 heterocycles. The van der Waals surface area contributed by atoms with E-state index in [2.05, 4.69) is 16.1 Å². The van der Waals surface area contributed by atoms with Crippen molar-refractivity contribution in [1.29, 1.82) is 0 Å². The maximum absolute atomic E-state index is 13.2. The summed E-state index contributed by atoms with van der Waals surface area (Å²) in [6, 6.07) is 7.91. The van der Waals surface area contributed by atoms with Gasteiger partial charge in [0.2, 0.25) is 5.91 Å². The van der Waals surface area contributed by atoms with E-state index in [1.807, 2.05) is 49.4 Å². The monoisotopic (exact) mass is 593 g/mol. The number of aliphatic hydroxyl groups excluding tert-OH is 1. The number of aliphatic hydroxyl groups is 1. The molecule has 232 valence electrons. The Morgan fingerprint density at radius 1 is 0.977 bits per heavy atom. The lowest BCUT2D eigenvalue weighted by Gasteiger charge is -2.35. The van der Waals surface area contributed by atoms with Crippen LogP contribution < -0.4 is 16.1 Å². The van der Waals surface area contributed by atoms with E-state index in [9.17, 15) is 24.3 Å². The van der Waals surface area contributed by atoms with Crippen LogP contribution >= 0.6 is 0 Å². The number of rotatable bonds is 1. The molecule has 0 saturated carbocycles. The highest BCUT2D eigenvalue weighted by molar-refractivity contribution is 5.90. The van der Waals surface area contributed by atoms with Crippen LogP contribution in [0.15, 0.2) is 36.4 Å². The minimum Gasteiger partial charge on any atom is -0.452 e. The van der Waals surface area contributed by atoms with Crippen LogP contribution in [0, 0.1) is 5.92 Å². The second-order valence-corrected chi connectivity index (χ2v) is 11.8. The number of carbonyl (C=O) groups is 4. The van der Waals surface area contributed by atoms with Crippen molar-refractivity contribution in [3.8, 4) is 0 Å². The Labute approximate surface area is 252 Å². The van der Waals surface area contributed by atoms with E-state index in [1.165, 1.54) is 5.01 Å². The van der Waals surface area contributed by atoms with Crippen LogP contribution in [0.3, 0.4) is 0 Å². The summed E-state index contributed by atoms with van der Waals surface area (Å²) in [6.07, 6.45) is 4.56. The van der Waals surface area contributed by atoms with E-state index in [0.29, 0.717) is 37.9 Å². The molecule has 0 radical (unpaired) electrons. The molecule has 4 N–H and O–H groups in total. The van der Waals surface area contributed by atoms with Gasteiger partial charge in [0.25, 0.3) is 11.8 Å². The van der Waals surface area contributed by atoms with Gasteiger partial charge in [-0.15, -0.1) is 0 Å². The van der Waals surface area contributed by atoms with Crippen molar-refractivity contribution in [3.05, 3.63) is 47.7 Å². The van der Waals surface area contributed by atoms with Gasteiger partial charge < -0.3 is 20.5 Å². The summed E-state index contributed by atoms with van der Waals surface area (Å²) in [6.45, 7) is 7.31. The van der Waals surface area contributed by atoms with Gasteiger partial charge in [0.05, 0.1) is 23.4 Å². The SMILES string of the molecule is CC(C)[C@@H]1OC(=O)CC[C@H](O)CC/C=C/c2ccc3ccc(nc3c2)[C@@H](C)NC(=O)C2CCCN(N2)C(=O)[C@H](C)NC1=O. The molecule has 11 nitrogen and oxygen atoms in total. The molecular weight excluding hydrogens is 550 g/mol. The van der Waals surface area contributed by atoms with E-state index in [4.69, 9.17) is 9.72 Å². The molecule has 0 spiro atoms. The number of hydrogen-bond acceptors (Lipinski definition) is 8. The Balaban J connectivity index is 1.55. The van der Waals surface area contributed by atoms with Gasteiger partial charge in [-0.1, -0.05) is 44.2 Å². The zero-order valence-corrected chi connectivity index (χ0v) is 25.3. The van der Waals surface area contributed by atoms with Crippen LogP contribution in [0.1, 0.15) is 83.5 Å². The normalized spacial score (nSPS) is 27.8. The smallest absolute Gasteiger partial charge is 0.306 e. The fourth-order valence-electron chi connectivity index (χ4n) is 5.24. The Morgan fingerprint density at radius 2 is 1.72 bits per heavy atom. The summed E-state index contributed by atoms with van der Waals surface area (Å²) in [5.74, 6) is -2.15. The first-order valence-corrected chi connectivity index (χ1v) is 15.1. The molecule has 11 heteroatoms. The van der Waals surface area contributed by atoms with Crippen LogP contribution in [-0.4, -0.2) is 69.6 Å². The third kappa shape index (κ3) is 8.61. The molecule has 1 aromatic heterocycles. The number of allylic oxidation sites excluding steroid dienone is 1. The number of fused-ring (bicyclic) bond motifs is 4. The molecule has 1 unspecified atom stereocenters. The number of esters is 1. The summed E-state index contributed by atoms with van der Waals surface area (Å²) in [5, 5.41) is 18.4. The molecule has 1 fully saturated rings. The maximum atomic E-state index is 13.2. The summed E-state index contributed by atoms with van der Waals surface area (Å²) in [4.78, 5) is 56.8. The molecule has 5 atom stereocenters. The molecule has 1 aromatic carbocycles. The molecule has 2 aliphatic heterocycles. The zero-order chi connectivity index (χ0) is 31.1. The number of pyridine rings is 1. The van der Waals surface area contributed by atoms with Crippen molar-refractivity contribution < 1.29 is 29.0 Å². The molecule has 0 aliphatic carbocycles. The van der Waals surface area contributed by atoms with Gasteiger partial charge >= 0.3 is 5.97 Å². The van der Waals surface area contributed by atoms with Crippen LogP contribution in [-0.2, 0) is 23.9 Å². The van der Waals surface area contributed by atoms with Gasteiger partial charge in [0, 0.05) is 18.4 Å². The Morgan fingerprint density at radius 3 is 2.49 bits per heavy atom. The number of benzene rings is 1. The van der Waals surface area contributed by atoms with Crippen molar-refractivity contribution in [3.63, 3.8) is 0 Å². The highest BCUT2D eigenvalue weighted by Gasteiger charge is 2.33. The largest absolute Gasteiger partial charge is 0.452 e. The second-order valence-electron chi connectivity index (χ2n) is 11.8. The van der Waals surface area contributed by atoms with Crippen molar-refractivity contribution in [2.45, 2.75) is 96.6 Å². The van der Waals surface area contributed by atoms with E-state index < -0.39 is 42.1 Å². The first-order chi connectivity index (χ1) is 20.5. The number of carbonyl (C=O) groups excluding carboxylic acids is 4. The minimum absolute atomic E-state index is 0.0336. The Kier molecular flexibility index (Phi) is 10.9.